The number of alkyl halides is 3. The van der Waals surface area contributed by atoms with Crippen molar-refractivity contribution in [1.29, 1.82) is 0 Å². The summed E-state index contributed by atoms with van der Waals surface area (Å²) in [6, 6.07) is 14.4. The molecule has 0 unspecified atom stereocenters. The van der Waals surface area contributed by atoms with Crippen LogP contribution in [0.4, 0.5) is 13.2 Å². The monoisotopic (exact) mass is 468 g/mol. The zero-order valence-electron chi connectivity index (χ0n) is 18.3. The molecular formula is C25H23F3N4O2. The fourth-order valence-corrected chi connectivity index (χ4v) is 4.70. The minimum atomic E-state index is -4.44. The second-order valence-corrected chi connectivity index (χ2v) is 8.68. The lowest BCUT2D eigenvalue weighted by Gasteiger charge is -2.27. The first kappa shape index (κ1) is 22.2. The number of carbonyl (C=O) groups is 2. The summed E-state index contributed by atoms with van der Waals surface area (Å²) in [5.41, 5.74) is 2.39. The number of halogens is 3. The van der Waals surface area contributed by atoms with E-state index in [1.165, 1.54) is 27.3 Å². The molecule has 1 atom stereocenters. The number of nitrogens with one attached hydrogen (secondary N) is 1. The van der Waals surface area contributed by atoms with Gasteiger partial charge in [-0.05, 0) is 48.1 Å². The van der Waals surface area contributed by atoms with Crippen LogP contribution in [0.15, 0.2) is 54.6 Å². The Hall–Kier alpha value is -3.62. The van der Waals surface area contributed by atoms with Gasteiger partial charge in [-0.3, -0.25) is 14.3 Å². The highest BCUT2D eigenvalue weighted by atomic mass is 19.4. The number of hydrogen-bond donors (Lipinski definition) is 1. The molecule has 9 heteroatoms. The van der Waals surface area contributed by atoms with Crippen molar-refractivity contribution in [2.75, 3.05) is 6.54 Å². The largest absolute Gasteiger partial charge is 0.416 e. The molecule has 1 aromatic heterocycles. The van der Waals surface area contributed by atoms with E-state index < -0.39 is 11.7 Å². The summed E-state index contributed by atoms with van der Waals surface area (Å²) in [6.45, 7) is 0.703. The van der Waals surface area contributed by atoms with Gasteiger partial charge in [0, 0.05) is 19.2 Å². The van der Waals surface area contributed by atoms with Crippen LogP contribution in [-0.4, -0.2) is 33.0 Å². The van der Waals surface area contributed by atoms with Crippen LogP contribution in [-0.2, 0) is 25.7 Å². The second-order valence-electron chi connectivity index (χ2n) is 8.68. The standard InChI is InChI=1S/C25H23F3N4O2/c26-25(27,28)18-8-3-5-16(13-18)15-31-11-12-32-22(24(31)34)14-21(30-32)23(33)29-20-10-4-7-17-6-1-2-9-19(17)20/h1-3,5-6,8-9,13-14,20H,4,7,10-12,15H2,(H,29,33)/t20-/m0/s1. The van der Waals surface area contributed by atoms with Crippen LogP contribution in [0.25, 0.3) is 0 Å². The smallest absolute Gasteiger partial charge is 0.344 e. The van der Waals surface area contributed by atoms with Crippen molar-refractivity contribution >= 4 is 11.8 Å². The van der Waals surface area contributed by atoms with Gasteiger partial charge in [0.15, 0.2) is 5.69 Å². The van der Waals surface area contributed by atoms with Crippen molar-refractivity contribution in [1.82, 2.24) is 20.0 Å². The molecule has 176 valence electrons. The van der Waals surface area contributed by atoms with Gasteiger partial charge in [0.1, 0.15) is 5.69 Å². The minimum Gasteiger partial charge on any atom is -0.344 e. The lowest BCUT2D eigenvalue weighted by atomic mass is 9.87. The molecule has 1 aliphatic carbocycles. The Kier molecular flexibility index (Phi) is 5.63. The highest BCUT2D eigenvalue weighted by Gasteiger charge is 2.32. The number of fused-ring (bicyclic) bond motifs is 2. The first-order valence-corrected chi connectivity index (χ1v) is 11.2. The van der Waals surface area contributed by atoms with Crippen LogP contribution in [0.2, 0.25) is 0 Å². The van der Waals surface area contributed by atoms with Crippen molar-refractivity contribution < 1.29 is 22.8 Å². The van der Waals surface area contributed by atoms with E-state index in [-0.39, 0.29) is 35.8 Å². The highest BCUT2D eigenvalue weighted by molar-refractivity contribution is 5.98. The predicted octanol–water partition coefficient (Wildman–Crippen LogP) is 4.37. The number of aromatic nitrogens is 2. The molecule has 2 aliphatic rings. The number of benzene rings is 2. The molecular weight excluding hydrogens is 445 g/mol. The number of aryl methyl sites for hydroxylation is 1. The van der Waals surface area contributed by atoms with E-state index in [0.717, 1.165) is 37.0 Å². The molecule has 2 amide bonds. The zero-order chi connectivity index (χ0) is 23.9. The van der Waals surface area contributed by atoms with Crippen LogP contribution in [0.5, 0.6) is 0 Å². The van der Waals surface area contributed by atoms with Gasteiger partial charge < -0.3 is 10.2 Å². The molecule has 0 radical (unpaired) electrons. The zero-order valence-corrected chi connectivity index (χ0v) is 18.3. The first-order chi connectivity index (χ1) is 16.3. The van der Waals surface area contributed by atoms with Crippen LogP contribution in [0, 0.1) is 0 Å². The van der Waals surface area contributed by atoms with Crippen molar-refractivity contribution in [3.63, 3.8) is 0 Å². The Bertz CT molecular complexity index is 1250. The quantitative estimate of drug-likeness (QED) is 0.619. The minimum absolute atomic E-state index is 0.0499. The van der Waals surface area contributed by atoms with E-state index in [2.05, 4.69) is 16.5 Å². The fourth-order valence-electron chi connectivity index (χ4n) is 4.70. The number of carbonyl (C=O) groups excluding carboxylic acids is 2. The summed E-state index contributed by atoms with van der Waals surface area (Å²) in [5, 5.41) is 7.36. The number of hydrogen-bond acceptors (Lipinski definition) is 3. The fraction of sp³-hybridized carbons (Fsp3) is 0.320. The van der Waals surface area contributed by atoms with E-state index in [0.29, 0.717) is 18.7 Å². The van der Waals surface area contributed by atoms with Gasteiger partial charge in [-0.15, -0.1) is 0 Å². The lowest BCUT2D eigenvalue weighted by Crippen LogP contribution is -2.39. The topological polar surface area (TPSA) is 67.2 Å². The molecule has 1 aliphatic heterocycles. The first-order valence-electron chi connectivity index (χ1n) is 11.2. The molecule has 5 rings (SSSR count). The second kappa shape index (κ2) is 8.62. The molecule has 2 aromatic carbocycles. The van der Waals surface area contributed by atoms with E-state index in [9.17, 15) is 22.8 Å². The van der Waals surface area contributed by atoms with Gasteiger partial charge in [-0.1, -0.05) is 36.4 Å². The number of amides is 2. The third-order valence-corrected chi connectivity index (χ3v) is 6.40. The molecule has 0 saturated carbocycles. The van der Waals surface area contributed by atoms with E-state index >= 15 is 0 Å². The summed E-state index contributed by atoms with van der Waals surface area (Å²) < 4.78 is 40.6. The molecule has 2 heterocycles. The van der Waals surface area contributed by atoms with Gasteiger partial charge in [0.2, 0.25) is 0 Å². The van der Waals surface area contributed by atoms with Gasteiger partial charge in [-0.2, -0.15) is 18.3 Å². The van der Waals surface area contributed by atoms with Crippen LogP contribution < -0.4 is 5.32 Å². The number of nitrogens with zero attached hydrogens (tertiary/aromatic N) is 3. The molecule has 0 saturated heterocycles. The van der Waals surface area contributed by atoms with Crippen LogP contribution in [0.1, 0.15) is 62.1 Å². The van der Waals surface area contributed by atoms with Crippen LogP contribution in [0.3, 0.4) is 0 Å². The average Bonchev–Trinajstić information content (AvgIpc) is 3.26. The Balaban J connectivity index is 1.30. The third kappa shape index (κ3) is 4.30. The maximum Gasteiger partial charge on any atom is 0.416 e. The van der Waals surface area contributed by atoms with Gasteiger partial charge in [-0.25, -0.2) is 0 Å². The van der Waals surface area contributed by atoms with Gasteiger partial charge in [0.25, 0.3) is 11.8 Å². The van der Waals surface area contributed by atoms with E-state index in [1.54, 1.807) is 6.07 Å². The van der Waals surface area contributed by atoms with Crippen molar-refractivity contribution in [3.8, 4) is 0 Å². The third-order valence-electron chi connectivity index (χ3n) is 6.40. The summed E-state index contributed by atoms with van der Waals surface area (Å²) in [5.74, 6) is -0.709. The summed E-state index contributed by atoms with van der Waals surface area (Å²) >= 11 is 0. The maximum atomic E-state index is 13.0. The van der Waals surface area contributed by atoms with Crippen molar-refractivity contribution in [2.45, 2.75) is 44.6 Å². The molecule has 6 nitrogen and oxygen atoms in total. The molecule has 3 aromatic rings. The highest BCUT2D eigenvalue weighted by Crippen LogP contribution is 2.31. The SMILES string of the molecule is O=C(N[C@H]1CCCc2ccccc21)c1cc2n(n1)CCN(Cc1cccc(C(F)(F)F)c1)C2=O. The molecule has 0 spiro atoms. The van der Waals surface area contributed by atoms with Gasteiger partial charge >= 0.3 is 6.18 Å². The predicted molar refractivity (Wildman–Crippen MR) is 118 cm³/mol. The van der Waals surface area contributed by atoms with Crippen molar-refractivity contribution in [3.05, 3.63) is 88.2 Å². The summed E-state index contributed by atoms with van der Waals surface area (Å²) in [6.07, 6.45) is -1.65. The normalized spacial score (nSPS) is 17.8. The van der Waals surface area contributed by atoms with Gasteiger partial charge in [0.05, 0.1) is 18.2 Å². The van der Waals surface area contributed by atoms with E-state index in [4.69, 9.17) is 0 Å². The number of rotatable bonds is 4. The summed E-state index contributed by atoms with van der Waals surface area (Å²) in [4.78, 5) is 27.4. The molecule has 0 fully saturated rings. The maximum absolute atomic E-state index is 13.0. The average molecular weight is 468 g/mol. The van der Waals surface area contributed by atoms with Crippen LogP contribution >= 0.6 is 0 Å². The lowest BCUT2D eigenvalue weighted by molar-refractivity contribution is -0.137. The van der Waals surface area contributed by atoms with Crippen molar-refractivity contribution in [2.24, 2.45) is 0 Å². The Labute approximate surface area is 194 Å². The summed E-state index contributed by atoms with van der Waals surface area (Å²) in [7, 11) is 0. The van der Waals surface area contributed by atoms with E-state index in [1.807, 2.05) is 18.2 Å². The Morgan fingerprint density at radius 1 is 1.09 bits per heavy atom. The molecule has 34 heavy (non-hydrogen) atoms. The molecule has 0 bridgehead atoms. The Morgan fingerprint density at radius 3 is 2.74 bits per heavy atom. The molecule has 1 N–H and O–H groups in total. The Morgan fingerprint density at radius 2 is 1.91 bits per heavy atom.